The molecule has 0 unspecified atom stereocenters. The predicted molar refractivity (Wildman–Crippen MR) is 177 cm³/mol. The van der Waals surface area contributed by atoms with Gasteiger partial charge in [-0.2, -0.15) is 0 Å². The van der Waals surface area contributed by atoms with Gasteiger partial charge in [0.15, 0.2) is 23.0 Å². The van der Waals surface area contributed by atoms with Gasteiger partial charge in [0.2, 0.25) is 11.5 Å². The summed E-state index contributed by atoms with van der Waals surface area (Å²) in [7, 11) is 9.44. The SMILES string of the molecule is COc1cc(-n2cnc(-c3cc4ccc(N)cc4c(-c4cn(-c5cc(OC)c(OC)c(OC)c5)cn4)c3N)c2)cc(OC)c1OC. The Kier molecular flexibility index (Phi) is 7.93. The highest BCUT2D eigenvalue weighted by Crippen LogP contribution is 2.43. The smallest absolute Gasteiger partial charge is 0.203 e. The molecule has 12 heteroatoms. The van der Waals surface area contributed by atoms with Crippen molar-refractivity contribution in [2.75, 3.05) is 54.1 Å². The average Bonchev–Trinajstić information content (AvgIpc) is 3.77. The van der Waals surface area contributed by atoms with Gasteiger partial charge >= 0.3 is 0 Å². The van der Waals surface area contributed by atoms with Crippen LogP contribution in [0.15, 0.2) is 73.6 Å². The van der Waals surface area contributed by atoms with Crippen molar-refractivity contribution in [3.8, 4) is 68.4 Å². The maximum absolute atomic E-state index is 6.97. The lowest BCUT2D eigenvalue weighted by molar-refractivity contribution is 0.324. The molecule has 2 heterocycles. The summed E-state index contributed by atoms with van der Waals surface area (Å²) in [6.45, 7) is 0. The molecule has 0 fully saturated rings. The fraction of sp³-hybridized carbons (Fsp3) is 0.176. The number of nitrogen functional groups attached to an aromatic ring is 2. The summed E-state index contributed by atoms with van der Waals surface area (Å²) >= 11 is 0. The van der Waals surface area contributed by atoms with E-state index in [1.165, 1.54) is 0 Å². The van der Waals surface area contributed by atoms with Crippen LogP contribution in [-0.4, -0.2) is 61.8 Å². The standard InChI is InChI=1S/C34H34N6O6/c1-41-27-11-21(12-28(42-2)33(27)45-5)39-15-25(37-17-39)24-9-19-7-8-20(35)10-23(19)31(32(24)36)26-16-40(18-38-26)22-13-29(43-3)34(46-6)30(14-22)44-4/h7-18H,35-36H2,1-6H3. The number of nitrogens with zero attached hydrogens (tertiary/aromatic N) is 4. The third-order valence-electron chi connectivity index (χ3n) is 7.80. The van der Waals surface area contributed by atoms with Gasteiger partial charge in [-0.05, 0) is 29.0 Å². The van der Waals surface area contributed by atoms with Gasteiger partial charge < -0.3 is 49.0 Å². The van der Waals surface area contributed by atoms with E-state index in [2.05, 4.69) is 0 Å². The first-order valence-electron chi connectivity index (χ1n) is 14.1. The monoisotopic (exact) mass is 622 g/mol. The van der Waals surface area contributed by atoms with Gasteiger partial charge in [0, 0.05) is 53.5 Å². The molecule has 0 amide bonds. The van der Waals surface area contributed by atoms with E-state index >= 15 is 0 Å². The van der Waals surface area contributed by atoms with Crippen LogP contribution >= 0.6 is 0 Å². The van der Waals surface area contributed by atoms with Crippen molar-refractivity contribution in [1.82, 2.24) is 19.1 Å². The van der Waals surface area contributed by atoms with Gasteiger partial charge in [-0.1, -0.05) is 6.07 Å². The first kappa shape index (κ1) is 30.0. The number of hydrogen-bond donors (Lipinski definition) is 2. The highest BCUT2D eigenvalue weighted by atomic mass is 16.5. The molecule has 4 N–H and O–H groups in total. The molecule has 6 aromatic rings. The summed E-state index contributed by atoms with van der Waals surface area (Å²) in [5.41, 5.74) is 18.6. The Balaban J connectivity index is 1.48. The summed E-state index contributed by atoms with van der Waals surface area (Å²) in [6, 6.07) is 15.1. The van der Waals surface area contributed by atoms with Crippen molar-refractivity contribution < 1.29 is 28.4 Å². The highest BCUT2D eigenvalue weighted by molar-refractivity contribution is 6.07. The Hall–Kier alpha value is -6.04. The number of methoxy groups -OCH3 is 6. The van der Waals surface area contributed by atoms with Crippen molar-refractivity contribution in [3.63, 3.8) is 0 Å². The van der Waals surface area contributed by atoms with E-state index in [1.54, 1.807) is 55.3 Å². The van der Waals surface area contributed by atoms with Crippen molar-refractivity contribution in [3.05, 3.63) is 73.6 Å². The van der Waals surface area contributed by atoms with Crippen LogP contribution in [0.4, 0.5) is 11.4 Å². The van der Waals surface area contributed by atoms with E-state index in [1.807, 2.05) is 70.1 Å². The maximum atomic E-state index is 6.97. The molecule has 12 nitrogen and oxygen atoms in total. The summed E-state index contributed by atoms with van der Waals surface area (Å²) in [5.74, 6) is 3.10. The zero-order chi connectivity index (χ0) is 32.5. The van der Waals surface area contributed by atoms with Gasteiger partial charge in [0.05, 0.1) is 83.8 Å². The number of rotatable bonds is 10. The third-order valence-corrected chi connectivity index (χ3v) is 7.80. The molecular formula is C34H34N6O6. The molecule has 46 heavy (non-hydrogen) atoms. The van der Waals surface area contributed by atoms with Crippen LogP contribution in [0, 0.1) is 0 Å². The maximum Gasteiger partial charge on any atom is 0.203 e. The molecule has 0 aliphatic heterocycles. The number of benzene rings is 4. The Labute approximate surface area is 265 Å². The Morgan fingerprint density at radius 3 is 1.52 bits per heavy atom. The average molecular weight is 623 g/mol. The third kappa shape index (κ3) is 5.09. The first-order chi connectivity index (χ1) is 22.3. The second-order valence-electron chi connectivity index (χ2n) is 10.3. The summed E-state index contributed by atoms with van der Waals surface area (Å²) in [5, 5.41) is 1.79. The van der Waals surface area contributed by atoms with E-state index in [-0.39, 0.29) is 0 Å². The fourth-order valence-corrected chi connectivity index (χ4v) is 5.55. The second-order valence-corrected chi connectivity index (χ2v) is 10.3. The fourth-order valence-electron chi connectivity index (χ4n) is 5.55. The van der Waals surface area contributed by atoms with Crippen LogP contribution in [-0.2, 0) is 0 Å². The minimum atomic E-state index is 0.499. The molecule has 0 saturated heterocycles. The lowest BCUT2D eigenvalue weighted by atomic mass is 9.95. The Bertz CT molecular complexity index is 2020. The Morgan fingerprint density at radius 1 is 0.565 bits per heavy atom. The molecule has 0 aliphatic rings. The molecule has 236 valence electrons. The Morgan fingerprint density at radius 2 is 1.04 bits per heavy atom. The van der Waals surface area contributed by atoms with Crippen LogP contribution in [0.3, 0.4) is 0 Å². The highest BCUT2D eigenvalue weighted by Gasteiger charge is 2.21. The van der Waals surface area contributed by atoms with Gasteiger partial charge in [-0.3, -0.25) is 0 Å². The lowest BCUT2D eigenvalue weighted by Crippen LogP contribution is -1.99. The normalized spacial score (nSPS) is 11.0. The van der Waals surface area contributed by atoms with E-state index in [0.717, 1.165) is 33.3 Å². The van der Waals surface area contributed by atoms with E-state index < -0.39 is 0 Å². The zero-order valence-corrected chi connectivity index (χ0v) is 26.3. The first-order valence-corrected chi connectivity index (χ1v) is 14.1. The number of hydrogen-bond acceptors (Lipinski definition) is 10. The molecule has 4 aromatic carbocycles. The van der Waals surface area contributed by atoms with Crippen LogP contribution in [0.25, 0.3) is 44.7 Å². The minimum absolute atomic E-state index is 0.499. The largest absolute Gasteiger partial charge is 0.493 e. The molecular weight excluding hydrogens is 588 g/mol. The summed E-state index contributed by atoms with van der Waals surface area (Å²) in [4.78, 5) is 9.49. The summed E-state index contributed by atoms with van der Waals surface area (Å²) in [6.07, 6.45) is 7.21. The second kappa shape index (κ2) is 12.2. The quantitative estimate of drug-likeness (QED) is 0.181. The van der Waals surface area contributed by atoms with Crippen molar-refractivity contribution in [2.45, 2.75) is 0 Å². The van der Waals surface area contributed by atoms with Crippen LogP contribution in [0.1, 0.15) is 0 Å². The van der Waals surface area contributed by atoms with Gasteiger partial charge in [-0.15, -0.1) is 0 Å². The molecule has 0 saturated carbocycles. The van der Waals surface area contributed by atoms with Crippen molar-refractivity contribution in [2.24, 2.45) is 0 Å². The number of imidazole rings is 2. The van der Waals surface area contributed by atoms with E-state index in [9.17, 15) is 0 Å². The molecule has 0 radical (unpaired) electrons. The molecule has 6 rings (SSSR count). The molecule has 0 atom stereocenters. The number of nitrogens with two attached hydrogens (primary N) is 2. The molecule has 2 aromatic heterocycles. The van der Waals surface area contributed by atoms with E-state index in [4.69, 9.17) is 49.9 Å². The molecule has 0 spiro atoms. The van der Waals surface area contributed by atoms with Gasteiger partial charge in [0.1, 0.15) is 0 Å². The predicted octanol–water partition coefficient (Wildman–Crippen LogP) is 5.76. The number of ether oxygens (including phenoxy) is 6. The number of anilines is 2. The van der Waals surface area contributed by atoms with Gasteiger partial charge in [-0.25, -0.2) is 9.97 Å². The number of aromatic nitrogens is 4. The van der Waals surface area contributed by atoms with Crippen LogP contribution in [0.5, 0.6) is 34.5 Å². The molecule has 0 bridgehead atoms. The van der Waals surface area contributed by atoms with E-state index in [0.29, 0.717) is 57.3 Å². The van der Waals surface area contributed by atoms with Crippen molar-refractivity contribution in [1.29, 1.82) is 0 Å². The molecule has 0 aliphatic carbocycles. The topological polar surface area (TPSA) is 143 Å². The number of fused-ring (bicyclic) bond motifs is 1. The summed E-state index contributed by atoms with van der Waals surface area (Å²) < 4.78 is 36.9. The lowest BCUT2D eigenvalue weighted by Gasteiger charge is -2.15. The minimum Gasteiger partial charge on any atom is -0.493 e. The van der Waals surface area contributed by atoms with Crippen LogP contribution in [0.2, 0.25) is 0 Å². The van der Waals surface area contributed by atoms with Crippen molar-refractivity contribution >= 4 is 22.1 Å². The van der Waals surface area contributed by atoms with Gasteiger partial charge in [0.25, 0.3) is 0 Å². The van der Waals surface area contributed by atoms with Crippen LogP contribution < -0.4 is 39.9 Å². The zero-order valence-electron chi connectivity index (χ0n) is 26.3.